The Morgan fingerprint density at radius 3 is 2.44 bits per heavy atom. The van der Waals surface area contributed by atoms with Crippen molar-refractivity contribution in [1.82, 2.24) is 4.98 Å². The van der Waals surface area contributed by atoms with Crippen LogP contribution in [0.4, 0.5) is 10.1 Å². The summed E-state index contributed by atoms with van der Waals surface area (Å²) in [6.45, 7) is 0. The van der Waals surface area contributed by atoms with E-state index in [1.807, 2.05) is 48.5 Å². The Hall–Kier alpha value is -4.54. The Morgan fingerprint density at radius 1 is 1.00 bits per heavy atom. The van der Waals surface area contributed by atoms with E-state index in [1.165, 1.54) is 23.5 Å². The topological polar surface area (TPSA) is 106 Å². The van der Waals surface area contributed by atoms with Crippen LogP contribution in [-0.4, -0.2) is 32.6 Å². The molecule has 0 aliphatic carbocycles. The van der Waals surface area contributed by atoms with Crippen molar-refractivity contribution in [3.63, 3.8) is 0 Å². The first-order valence-corrected chi connectivity index (χ1v) is 15.3. The van der Waals surface area contributed by atoms with E-state index in [1.54, 1.807) is 35.6 Å². The molecule has 0 spiro atoms. The number of halogens is 1. The van der Waals surface area contributed by atoms with Gasteiger partial charge in [0, 0.05) is 36.0 Å². The molecule has 0 saturated heterocycles. The molecule has 0 aliphatic rings. The lowest BCUT2D eigenvalue weighted by atomic mass is 9.97. The number of carbonyl (C=O) groups excluding carboxylic acids is 1. The first-order valence-electron chi connectivity index (χ1n) is 12.6. The third-order valence-corrected chi connectivity index (χ3v) is 9.23. The summed E-state index contributed by atoms with van der Waals surface area (Å²) in [7, 11) is -2.19. The molecule has 1 amide bonds. The van der Waals surface area contributed by atoms with Crippen LogP contribution >= 0.6 is 11.3 Å². The van der Waals surface area contributed by atoms with Gasteiger partial charge in [-0.3, -0.25) is 9.10 Å². The van der Waals surface area contributed by atoms with Crippen molar-refractivity contribution in [3.8, 4) is 21.7 Å². The fraction of sp³-hybridized carbons (Fsp3) is 0.0968. The van der Waals surface area contributed by atoms with Crippen molar-refractivity contribution in [2.75, 3.05) is 17.6 Å². The third kappa shape index (κ3) is 5.07. The molecule has 0 saturated carbocycles. The van der Waals surface area contributed by atoms with Crippen LogP contribution in [0, 0.1) is 5.82 Å². The molecule has 6 rings (SSSR count). The molecule has 2 N–H and O–H groups in total. The second-order valence-electron chi connectivity index (χ2n) is 9.73. The first kappa shape index (κ1) is 26.7. The molecule has 0 radical (unpaired) electrons. The number of nitrogens with zero attached hydrogens (tertiary/aromatic N) is 2. The number of anilines is 1. The number of furan rings is 1. The van der Waals surface area contributed by atoms with Gasteiger partial charge in [-0.1, -0.05) is 42.5 Å². The van der Waals surface area contributed by atoms with Crippen LogP contribution in [0.15, 0.2) is 89.3 Å². The van der Waals surface area contributed by atoms with Crippen LogP contribution in [0.2, 0.25) is 0 Å². The summed E-state index contributed by atoms with van der Waals surface area (Å²) >= 11 is 1.57. The van der Waals surface area contributed by atoms with Crippen LogP contribution in [0.5, 0.6) is 0 Å². The van der Waals surface area contributed by atoms with Crippen LogP contribution in [0.1, 0.15) is 21.7 Å². The Bertz CT molecular complexity index is 2030. The van der Waals surface area contributed by atoms with Gasteiger partial charge in [0.05, 0.1) is 27.7 Å². The molecule has 6 aromatic rings. The summed E-state index contributed by atoms with van der Waals surface area (Å²) < 4.78 is 47.1. The van der Waals surface area contributed by atoms with E-state index in [-0.39, 0.29) is 17.8 Å². The molecule has 7 nitrogen and oxygen atoms in total. The fourth-order valence-electron chi connectivity index (χ4n) is 4.85. The standard InChI is InChI=1S/C31H24FN3O4S2/c1-35(41(2,37)38)25-17-26-23(29(30(33)36)27(39-26)14-18-10-12-21(32)13-11-18)16-22(25)19-6-5-7-20(15-19)31-34-24-8-3-4-9-28(24)40-31/h3-13,15-17H,14H2,1-2H3,(H2,33,36). The Labute approximate surface area is 239 Å². The van der Waals surface area contributed by atoms with Gasteiger partial charge in [-0.05, 0) is 47.5 Å². The number of aromatic nitrogens is 1. The van der Waals surface area contributed by atoms with Crippen molar-refractivity contribution in [2.24, 2.45) is 5.73 Å². The van der Waals surface area contributed by atoms with E-state index >= 15 is 0 Å². The Kier molecular flexibility index (Phi) is 6.59. The van der Waals surface area contributed by atoms with Crippen LogP contribution in [0.3, 0.4) is 0 Å². The normalized spacial score (nSPS) is 11.8. The number of thiazole rings is 1. The molecular formula is C31H24FN3O4S2. The highest BCUT2D eigenvalue weighted by atomic mass is 32.2. The quantitative estimate of drug-likeness (QED) is 0.227. The van der Waals surface area contributed by atoms with E-state index < -0.39 is 15.9 Å². The minimum absolute atomic E-state index is 0.196. The van der Waals surface area contributed by atoms with Gasteiger partial charge in [-0.15, -0.1) is 11.3 Å². The van der Waals surface area contributed by atoms with Crippen LogP contribution in [-0.2, 0) is 16.4 Å². The largest absolute Gasteiger partial charge is 0.460 e. The summed E-state index contributed by atoms with van der Waals surface area (Å²) in [4.78, 5) is 17.4. The zero-order chi connectivity index (χ0) is 28.9. The number of para-hydroxylation sites is 1. The molecule has 0 bridgehead atoms. The number of hydrogen-bond acceptors (Lipinski definition) is 6. The summed E-state index contributed by atoms with van der Waals surface area (Å²) in [6.07, 6.45) is 1.32. The zero-order valence-corrected chi connectivity index (χ0v) is 23.7. The average molecular weight is 586 g/mol. The molecule has 0 unspecified atom stereocenters. The van der Waals surface area contributed by atoms with Gasteiger partial charge >= 0.3 is 0 Å². The van der Waals surface area contributed by atoms with Crippen molar-refractivity contribution < 1.29 is 22.0 Å². The molecule has 2 heterocycles. The van der Waals surface area contributed by atoms with E-state index in [2.05, 4.69) is 0 Å². The Morgan fingerprint density at radius 2 is 1.73 bits per heavy atom. The zero-order valence-electron chi connectivity index (χ0n) is 22.1. The lowest BCUT2D eigenvalue weighted by molar-refractivity contribution is 0.1000. The van der Waals surface area contributed by atoms with Gasteiger partial charge in [0.25, 0.3) is 5.91 Å². The number of fused-ring (bicyclic) bond motifs is 2. The summed E-state index contributed by atoms with van der Waals surface area (Å²) in [6, 6.07) is 24.8. The van der Waals surface area contributed by atoms with E-state index in [4.69, 9.17) is 15.1 Å². The molecule has 206 valence electrons. The smallest absolute Gasteiger partial charge is 0.252 e. The molecule has 0 aliphatic heterocycles. The summed E-state index contributed by atoms with van der Waals surface area (Å²) in [5, 5.41) is 1.29. The number of carbonyl (C=O) groups is 1. The van der Waals surface area contributed by atoms with E-state index in [0.29, 0.717) is 28.0 Å². The second kappa shape index (κ2) is 10.1. The SMILES string of the molecule is CN(c1cc2oc(Cc3ccc(F)cc3)c(C(N)=O)c2cc1-c1cccc(-c2nc3ccccc3s2)c1)S(C)(=O)=O. The first-order chi connectivity index (χ1) is 19.6. The predicted octanol–water partition coefficient (Wildman–Crippen LogP) is 6.60. The molecule has 4 aromatic carbocycles. The predicted molar refractivity (Wildman–Crippen MR) is 161 cm³/mol. The number of sulfonamides is 1. The molecule has 10 heteroatoms. The second-order valence-corrected chi connectivity index (χ2v) is 12.8. The average Bonchev–Trinajstić information content (AvgIpc) is 3.54. The maximum Gasteiger partial charge on any atom is 0.252 e. The number of amides is 1. The van der Waals surface area contributed by atoms with Gasteiger partial charge in [-0.25, -0.2) is 17.8 Å². The van der Waals surface area contributed by atoms with Crippen molar-refractivity contribution in [1.29, 1.82) is 0 Å². The third-order valence-electron chi connectivity index (χ3n) is 6.95. The Balaban J connectivity index is 1.55. The van der Waals surface area contributed by atoms with Crippen LogP contribution < -0.4 is 10.0 Å². The maximum absolute atomic E-state index is 13.5. The number of rotatable bonds is 7. The summed E-state index contributed by atoms with van der Waals surface area (Å²) in [5.41, 5.74) is 10.5. The van der Waals surface area contributed by atoms with E-state index in [9.17, 15) is 17.6 Å². The highest BCUT2D eigenvalue weighted by molar-refractivity contribution is 7.92. The lowest BCUT2D eigenvalue weighted by Crippen LogP contribution is -2.25. The van der Waals surface area contributed by atoms with E-state index in [0.717, 1.165) is 38.2 Å². The number of hydrogen-bond donors (Lipinski definition) is 1. The van der Waals surface area contributed by atoms with Gasteiger partial charge in [0.1, 0.15) is 22.2 Å². The minimum Gasteiger partial charge on any atom is -0.460 e. The molecular weight excluding hydrogens is 561 g/mol. The lowest BCUT2D eigenvalue weighted by Gasteiger charge is -2.21. The monoisotopic (exact) mass is 585 g/mol. The van der Waals surface area contributed by atoms with Gasteiger partial charge in [-0.2, -0.15) is 0 Å². The van der Waals surface area contributed by atoms with Crippen molar-refractivity contribution in [2.45, 2.75) is 6.42 Å². The molecule has 2 aromatic heterocycles. The van der Waals surface area contributed by atoms with Gasteiger partial charge in [0.2, 0.25) is 10.0 Å². The molecule has 41 heavy (non-hydrogen) atoms. The van der Waals surface area contributed by atoms with Crippen molar-refractivity contribution >= 4 is 54.1 Å². The van der Waals surface area contributed by atoms with Crippen LogP contribution in [0.25, 0.3) is 42.9 Å². The fourth-order valence-corrected chi connectivity index (χ4v) is 6.32. The minimum atomic E-state index is -3.65. The van der Waals surface area contributed by atoms with Gasteiger partial charge < -0.3 is 10.2 Å². The maximum atomic E-state index is 13.5. The van der Waals surface area contributed by atoms with Crippen molar-refractivity contribution in [3.05, 3.63) is 108 Å². The summed E-state index contributed by atoms with van der Waals surface area (Å²) in [5.74, 6) is -0.744. The highest BCUT2D eigenvalue weighted by Gasteiger charge is 2.25. The number of nitrogens with two attached hydrogens (primary N) is 1. The van der Waals surface area contributed by atoms with Gasteiger partial charge in [0.15, 0.2) is 0 Å². The number of primary amides is 1. The molecule has 0 fully saturated rings. The number of benzene rings is 4. The molecule has 0 atom stereocenters. The highest BCUT2D eigenvalue weighted by Crippen LogP contribution is 2.40.